The van der Waals surface area contributed by atoms with E-state index in [0.717, 1.165) is 38.9 Å². The van der Waals surface area contributed by atoms with Gasteiger partial charge in [-0.25, -0.2) is 0 Å². The van der Waals surface area contributed by atoms with Gasteiger partial charge < -0.3 is 5.32 Å². The van der Waals surface area contributed by atoms with E-state index in [1.807, 2.05) is 58.9 Å². The molecule has 0 bridgehead atoms. The number of amides is 1. The van der Waals surface area contributed by atoms with E-state index in [1.54, 1.807) is 28.8 Å². The van der Waals surface area contributed by atoms with Crippen molar-refractivity contribution >= 4 is 34.3 Å². The topological polar surface area (TPSA) is 51.1 Å². The Kier molecular flexibility index (Phi) is 6.61. The highest BCUT2D eigenvalue weighted by Crippen LogP contribution is 2.34. The third-order valence-corrected chi connectivity index (χ3v) is 6.64. The van der Waals surface area contributed by atoms with Crippen LogP contribution in [0.3, 0.4) is 0 Å². The monoisotopic (exact) mass is 500 g/mol. The molecule has 1 N–H and O–H groups in total. The van der Waals surface area contributed by atoms with Crippen LogP contribution in [0.5, 0.6) is 0 Å². The Labute approximate surface area is 218 Å². The molecule has 0 aliphatic rings. The second-order valence-corrected chi connectivity index (χ2v) is 11.6. The average molecular weight is 501 g/mol. The van der Waals surface area contributed by atoms with Crippen molar-refractivity contribution in [3.63, 3.8) is 0 Å². The van der Waals surface area contributed by atoms with Gasteiger partial charge in [0.1, 0.15) is 0 Å². The van der Waals surface area contributed by atoms with Gasteiger partial charge in [-0.3, -0.25) is 14.2 Å². The van der Waals surface area contributed by atoms with E-state index in [2.05, 4.69) is 37.4 Å². The number of aromatic nitrogens is 1. The van der Waals surface area contributed by atoms with E-state index in [0.29, 0.717) is 10.6 Å². The molecule has 0 radical (unpaired) electrons. The summed E-state index contributed by atoms with van der Waals surface area (Å²) in [6.45, 7) is 13.9. The number of hydrogen-bond acceptors (Lipinski definition) is 2. The zero-order valence-corrected chi connectivity index (χ0v) is 22.7. The maximum absolute atomic E-state index is 13.8. The number of aryl methyl sites for hydroxylation is 2. The van der Waals surface area contributed by atoms with E-state index in [1.165, 1.54) is 0 Å². The number of nitrogens with one attached hydrogen (secondary N) is 1. The molecule has 4 nitrogen and oxygen atoms in total. The minimum absolute atomic E-state index is 0.0412. The number of halogens is 1. The predicted octanol–water partition coefficient (Wildman–Crippen LogP) is 7.46. The van der Waals surface area contributed by atoms with E-state index < -0.39 is 5.41 Å². The summed E-state index contributed by atoms with van der Waals surface area (Å²) in [5.74, 6) is -0.172. The molecule has 3 aromatic carbocycles. The highest BCUT2D eigenvalue weighted by molar-refractivity contribution is 6.30. The van der Waals surface area contributed by atoms with E-state index in [9.17, 15) is 9.59 Å². The molecule has 4 aromatic rings. The largest absolute Gasteiger partial charge is 0.351 e. The van der Waals surface area contributed by atoms with Crippen LogP contribution in [0.4, 0.5) is 0 Å². The summed E-state index contributed by atoms with van der Waals surface area (Å²) in [6, 6.07) is 21.2. The van der Waals surface area contributed by atoms with Gasteiger partial charge in [0, 0.05) is 21.5 Å². The number of carbonyl (C=O) groups is 2. The van der Waals surface area contributed by atoms with Crippen molar-refractivity contribution in [2.24, 2.45) is 0 Å². The SMILES string of the molecule is Cc1cc(C)cc(-c2cc3cc(C(C)(C)C(=O)NC(C)(C)C)ccc3n2C(=O)c2ccc(Cl)cc2)c1. The predicted molar refractivity (Wildman–Crippen MR) is 149 cm³/mol. The van der Waals surface area contributed by atoms with Crippen LogP contribution >= 0.6 is 11.6 Å². The van der Waals surface area contributed by atoms with Crippen molar-refractivity contribution in [3.8, 4) is 11.3 Å². The van der Waals surface area contributed by atoms with Crippen LogP contribution < -0.4 is 5.32 Å². The van der Waals surface area contributed by atoms with E-state index in [4.69, 9.17) is 11.6 Å². The van der Waals surface area contributed by atoms with Crippen LogP contribution in [0.25, 0.3) is 22.2 Å². The first-order valence-corrected chi connectivity index (χ1v) is 12.5. The van der Waals surface area contributed by atoms with Crippen LogP contribution in [0.1, 0.15) is 61.7 Å². The second kappa shape index (κ2) is 9.25. The third kappa shape index (κ3) is 5.10. The van der Waals surface area contributed by atoms with Crippen molar-refractivity contribution in [3.05, 3.63) is 94.0 Å². The minimum atomic E-state index is -0.746. The Balaban J connectivity index is 1.91. The molecule has 0 spiro atoms. The number of nitrogens with zero attached hydrogens (tertiary/aromatic N) is 1. The lowest BCUT2D eigenvalue weighted by atomic mass is 9.82. The van der Waals surface area contributed by atoms with Crippen LogP contribution in [0, 0.1) is 13.8 Å². The number of fused-ring (bicyclic) bond motifs is 1. The van der Waals surface area contributed by atoms with Crippen molar-refractivity contribution in [2.45, 2.75) is 59.4 Å². The van der Waals surface area contributed by atoms with Crippen molar-refractivity contribution < 1.29 is 9.59 Å². The van der Waals surface area contributed by atoms with Gasteiger partial charge in [0.2, 0.25) is 5.91 Å². The zero-order chi connectivity index (χ0) is 26.4. The first-order valence-electron chi connectivity index (χ1n) is 12.1. The lowest BCUT2D eigenvalue weighted by Crippen LogP contribution is -2.48. The van der Waals surface area contributed by atoms with Crippen molar-refractivity contribution in [2.75, 3.05) is 0 Å². The minimum Gasteiger partial charge on any atom is -0.351 e. The Morgan fingerprint density at radius 3 is 2.00 bits per heavy atom. The lowest BCUT2D eigenvalue weighted by Gasteiger charge is -2.30. The normalized spacial score (nSPS) is 12.1. The molecular formula is C31H33ClN2O2. The van der Waals surface area contributed by atoms with Gasteiger partial charge in [0.15, 0.2) is 0 Å². The molecule has 1 heterocycles. The number of carbonyl (C=O) groups excluding carboxylic acids is 2. The molecule has 0 fully saturated rings. The molecule has 1 aromatic heterocycles. The maximum atomic E-state index is 13.8. The Bertz CT molecular complexity index is 1450. The third-order valence-electron chi connectivity index (χ3n) is 6.39. The molecule has 0 aliphatic heterocycles. The smallest absolute Gasteiger partial charge is 0.262 e. The molecular weight excluding hydrogens is 468 g/mol. The summed E-state index contributed by atoms with van der Waals surface area (Å²) in [5, 5.41) is 4.58. The molecule has 186 valence electrons. The fourth-order valence-corrected chi connectivity index (χ4v) is 4.63. The summed E-state index contributed by atoms with van der Waals surface area (Å²) < 4.78 is 1.76. The van der Waals surface area contributed by atoms with Gasteiger partial charge in [-0.1, -0.05) is 34.9 Å². The molecule has 4 rings (SSSR count). The van der Waals surface area contributed by atoms with Gasteiger partial charge in [-0.15, -0.1) is 0 Å². The maximum Gasteiger partial charge on any atom is 0.262 e. The number of rotatable bonds is 4. The van der Waals surface area contributed by atoms with Crippen molar-refractivity contribution in [1.82, 2.24) is 9.88 Å². The Hall–Kier alpha value is -3.37. The summed E-state index contributed by atoms with van der Waals surface area (Å²) >= 11 is 6.07. The molecule has 1 amide bonds. The molecule has 36 heavy (non-hydrogen) atoms. The van der Waals surface area contributed by atoms with Gasteiger partial charge in [0.25, 0.3) is 5.91 Å². The van der Waals surface area contributed by atoms with Gasteiger partial charge in [0.05, 0.1) is 16.6 Å². The fraction of sp³-hybridized carbons (Fsp3) is 0.290. The molecule has 0 saturated carbocycles. The number of benzene rings is 3. The fourth-order valence-electron chi connectivity index (χ4n) is 4.51. The van der Waals surface area contributed by atoms with E-state index >= 15 is 0 Å². The second-order valence-electron chi connectivity index (χ2n) is 11.2. The first-order chi connectivity index (χ1) is 16.8. The lowest BCUT2D eigenvalue weighted by molar-refractivity contribution is -0.127. The highest BCUT2D eigenvalue weighted by Gasteiger charge is 2.32. The first kappa shape index (κ1) is 25.7. The highest BCUT2D eigenvalue weighted by atomic mass is 35.5. The molecule has 0 atom stereocenters. The van der Waals surface area contributed by atoms with Crippen LogP contribution in [0.2, 0.25) is 5.02 Å². The van der Waals surface area contributed by atoms with Crippen LogP contribution in [-0.4, -0.2) is 21.9 Å². The van der Waals surface area contributed by atoms with Crippen LogP contribution in [0.15, 0.2) is 66.7 Å². The molecule has 0 saturated heterocycles. The zero-order valence-electron chi connectivity index (χ0n) is 22.0. The standard InChI is InChI=1S/C31H33ClN2O2/c1-19-14-20(2)16-22(15-19)27-18-23-17-24(31(6,7)29(36)33-30(3,4)5)10-13-26(23)34(27)28(35)21-8-11-25(32)12-9-21/h8-18H,1-7H3,(H,33,36). The summed E-state index contributed by atoms with van der Waals surface area (Å²) in [5.41, 5.74) is 5.19. The van der Waals surface area contributed by atoms with Crippen molar-refractivity contribution in [1.29, 1.82) is 0 Å². The summed E-state index contributed by atoms with van der Waals surface area (Å²) in [7, 11) is 0. The summed E-state index contributed by atoms with van der Waals surface area (Å²) in [6.07, 6.45) is 0. The molecule has 0 aliphatic carbocycles. The number of hydrogen-bond donors (Lipinski definition) is 1. The average Bonchev–Trinajstić information content (AvgIpc) is 3.16. The van der Waals surface area contributed by atoms with Gasteiger partial charge >= 0.3 is 0 Å². The Morgan fingerprint density at radius 1 is 0.806 bits per heavy atom. The quantitative estimate of drug-likeness (QED) is 0.316. The van der Waals surface area contributed by atoms with Gasteiger partial charge in [-0.05, 0) is 114 Å². The molecule has 5 heteroatoms. The van der Waals surface area contributed by atoms with Gasteiger partial charge in [-0.2, -0.15) is 0 Å². The Morgan fingerprint density at radius 2 is 1.42 bits per heavy atom. The van der Waals surface area contributed by atoms with E-state index in [-0.39, 0.29) is 17.4 Å². The van der Waals surface area contributed by atoms with Crippen LogP contribution in [-0.2, 0) is 10.2 Å². The molecule has 0 unspecified atom stereocenters. The summed E-state index contributed by atoms with van der Waals surface area (Å²) in [4.78, 5) is 26.9.